The van der Waals surface area contributed by atoms with E-state index in [2.05, 4.69) is 4.98 Å². The van der Waals surface area contributed by atoms with Crippen LogP contribution in [-0.2, 0) is 7.05 Å². The van der Waals surface area contributed by atoms with Gasteiger partial charge in [-0.1, -0.05) is 12.8 Å². The Hall–Kier alpha value is -1.32. The van der Waals surface area contributed by atoms with E-state index in [4.69, 9.17) is 5.11 Å². The first-order chi connectivity index (χ1) is 6.70. The van der Waals surface area contributed by atoms with Gasteiger partial charge < -0.3 is 9.67 Å². The van der Waals surface area contributed by atoms with Gasteiger partial charge in [-0.2, -0.15) is 0 Å². The molecule has 0 spiro atoms. The van der Waals surface area contributed by atoms with Crippen molar-refractivity contribution in [3.05, 3.63) is 17.7 Å². The fourth-order valence-electron chi connectivity index (χ4n) is 2.19. The van der Waals surface area contributed by atoms with E-state index < -0.39 is 5.97 Å². The first kappa shape index (κ1) is 9.24. The summed E-state index contributed by atoms with van der Waals surface area (Å²) in [5.74, 6) is 0.497. The second-order valence-corrected chi connectivity index (χ2v) is 3.85. The first-order valence-corrected chi connectivity index (χ1v) is 4.95. The van der Waals surface area contributed by atoms with Gasteiger partial charge in [-0.3, -0.25) is 0 Å². The Labute approximate surface area is 82.6 Å². The van der Waals surface area contributed by atoms with Crippen LogP contribution in [0.5, 0.6) is 0 Å². The molecule has 0 amide bonds. The van der Waals surface area contributed by atoms with Crippen LogP contribution in [-0.4, -0.2) is 20.6 Å². The maximum atomic E-state index is 10.8. The minimum atomic E-state index is -0.899. The van der Waals surface area contributed by atoms with Crippen LogP contribution in [0.2, 0.25) is 0 Å². The Morgan fingerprint density at radius 2 is 2.21 bits per heavy atom. The highest BCUT2D eigenvalue weighted by Crippen LogP contribution is 2.33. The Balaban J connectivity index is 2.30. The average molecular weight is 194 g/mol. The van der Waals surface area contributed by atoms with Crippen molar-refractivity contribution in [3.63, 3.8) is 0 Å². The molecule has 2 rings (SSSR count). The highest BCUT2D eigenvalue weighted by Gasteiger charge is 2.23. The van der Waals surface area contributed by atoms with Gasteiger partial charge in [-0.05, 0) is 12.8 Å². The molecule has 76 valence electrons. The summed E-state index contributed by atoms with van der Waals surface area (Å²) in [6, 6.07) is 0. The molecule has 1 fully saturated rings. The monoisotopic (exact) mass is 194 g/mol. The fourth-order valence-corrected chi connectivity index (χ4v) is 2.19. The molecule has 1 aromatic rings. The summed E-state index contributed by atoms with van der Waals surface area (Å²) in [5.41, 5.74) is 0.284. The molecule has 0 bridgehead atoms. The van der Waals surface area contributed by atoms with Crippen LogP contribution < -0.4 is 0 Å². The van der Waals surface area contributed by atoms with Gasteiger partial charge in [-0.15, -0.1) is 0 Å². The molecule has 0 unspecified atom stereocenters. The van der Waals surface area contributed by atoms with Gasteiger partial charge >= 0.3 is 5.97 Å². The molecule has 0 atom stereocenters. The number of nitrogens with zero attached hydrogens (tertiary/aromatic N) is 2. The molecule has 4 nitrogen and oxygen atoms in total. The molecule has 0 saturated heterocycles. The van der Waals surface area contributed by atoms with Gasteiger partial charge in [0, 0.05) is 13.0 Å². The zero-order valence-electron chi connectivity index (χ0n) is 8.23. The molecule has 4 heteroatoms. The molecule has 1 aromatic heterocycles. The molecular formula is C10H14N2O2. The molecule has 1 aliphatic rings. The van der Waals surface area contributed by atoms with Crippen molar-refractivity contribution in [2.45, 2.75) is 31.6 Å². The number of hydrogen-bond acceptors (Lipinski definition) is 2. The third-order valence-corrected chi connectivity index (χ3v) is 2.96. The zero-order valence-corrected chi connectivity index (χ0v) is 8.23. The number of imidazole rings is 1. The number of carbonyl (C=O) groups is 1. The Morgan fingerprint density at radius 3 is 2.71 bits per heavy atom. The van der Waals surface area contributed by atoms with Crippen LogP contribution in [0.3, 0.4) is 0 Å². The highest BCUT2D eigenvalue weighted by molar-refractivity contribution is 5.85. The predicted octanol–water partition coefficient (Wildman–Crippen LogP) is 1.78. The molecule has 14 heavy (non-hydrogen) atoms. The average Bonchev–Trinajstić information content (AvgIpc) is 2.71. The van der Waals surface area contributed by atoms with Gasteiger partial charge in [-0.25, -0.2) is 9.78 Å². The van der Waals surface area contributed by atoms with Crippen molar-refractivity contribution in [1.29, 1.82) is 0 Å². The Bertz CT molecular complexity index is 351. The van der Waals surface area contributed by atoms with E-state index in [1.54, 1.807) is 11.6 Å². The molecule has 1 aliphatic carbocycles. The minimum absolute atomic E-state index is 0.284. The predicted molar refractivity (Wildman–Crippen MR) is 51.4 cm³/mol. The summed E-state index contributed by atoms with van der Waals surface area (Å²) < 4.78 is 1.71. The van der Waals surface area contributed by atoms with E-state index in [9.17, 15) is 4.79 Å². The lowest BCUT2D eigenvalue weighted by Gasteiger charge is -2.09. The van der Waals surface area contributed by atoms with Gasteiger partial charge in [0.25, 0.3) is 0 Å². The lowest BCUT2D eigenvalue weighted by molar-refractivity contribution is 0.0686. The van der Waals surface area contributed by atoms with E-state index in [0.29, 0.717) is 5.92 Å². The van der Waals surface area contributed by atoms with Crippen molar-refractivity contribution >= 4 is 5.97 Å². The van der Waals surface area contributed by atoms with Crippen LogP contribution in [0.25, 0.3) is 0 Å². The van der Waals surface area contributed by atoms with Crippen LogP contribution in [0.15, 0.2) is 6.20 Å². The van der Waals surface area contributed by atoms with Gasteiger partial charge in [0.1, 0.15) is 11.5 Å². The Morgan fingerprint density at radius 1 is 1.57 bits per heavy atom. The summed E-state index contributed by atoms with van der Waals surface area (Å²) in [6.07, 6.45) is 6.21. The third-order valence-electron chi connectivity index (χ3n) is 2.96. The number of carboxylic acids is 1. The SMILES string of the molecule is Cn1c(C(=O)O)cnc1C1CCCC1. The standard InChI is InChI=1S/C10H14N2O2/c1-12-8(10(13)14)6-11-9(12)7-4-2-3-5-7/h6-7H,2-5H2,1H3,(H,13,14). The first-order valence-electron chi connectivity index (χ1n) is 4.95. The topological polar surface area (TPSA) is 55.1 Å². The molecule has 0 aliphatic heterocycles. The maximum Gasteiger partial charge on any atom is 0.354 e. The van der Waals surface area contributed by atoms with Crippen LogP contribution in [0, 0.1) is 0 Å². The highest BCUT2D eigenvalue weighted by atomic mass is 16.4. The second kappa shape index (κ2) is 3.44. The molecule has 0 radical (unpaired) electrons. The second-order valence-electron chi connectivity index (χ2n) is 3.85. The molecular weight excluding hydrogens is 180 g/mol. The number of hydrogen-bond donors (Lipinski definition) is 1. The van der Waals surface area contributed by atoms with Crippen LogP contribution in [0.1, 0.15) is 47.9 Å². The third kappa shape index (κ3) is 1.41. The van der Waals surface area contributed by atoms with Crippen molar-refractivity contribution < 1.29 is 9.90 Å². The van der Waals surface area contributed by atoms with Crippen LogP contribution >= 0.6 is 0 Å². The number of aromatic nitrogens is 2. The van der Waals surface area contributed by atoms with Crippen molar-refractivity contribution in [3.8, 4) is 0 Å². The van der Waals surface area contributed by atoms with E-state index in [-0.39, 0.29) is 5.69 Å². The number of carboxylic acid groups (broad SMARTS) is 1. The van der Waals surface area contributed by atoms with E-state index in [1.807, 2.05) is 0 Å². The summed E-state index contributed by atoms with van der Waals surface area (Å²) in [5, 5.41) is 8.86. The van der Waals surface area contributed by atoms with Crippen molar-refractivity contribution in [2.75, 3.05) is 0 Å². The van der Waals surface area contributed by atoms with E-state index in [1.165, 1.54) is 19.0 Å². The van der Waals surface area contributed by atoms with Crippen molar-refractivity contribution in [2.24, 2.45) is 7.05 Å². The minimum Gasteiger partial charge on any atom is -0.477 e. The quantitative estimate of drug-likeness (QED) is 0.780. The summed E-state index contributed by atoms with van der Waals surface area (Å²) >= 11 is 0. The van der Waals surface area contributed by atoms with E-state index in [0.717, 1.165) is 18.7 Å². The Kier molecular flexibility index (Phi) is 2.27. The van der Waals surface area contributed by atoms with Gasteiger partial charge in [0.2, 0.25) is 0 Å². The van der Waals surface area contributed by atoms with Crippen LogP contribution in [0.4, 0.5) is 0 Å². The smallest absolute Gasteiger partial charge is 0.354 e. The molecule has 1 N–H and O–H groups in total. The lowest BCUT2D eigenvalue weighted by atomic mass is 10.1. The summed E-state index contributed by atoms with van der Waals surface area (Å²) in [4.78, 5) is 15.0. The maximum absolute atomic E-state index is 10.8. The van der Waals surface area contributed by atoms with Gasteiger partial charge in [0.15, 0.2) is 0 Å². The van der Waals surface area contributed by atoms with Crippen molar-refractivity contribution in [1.82, 2.24) is 9.55 Å². The molecule has 0 aromatic carbocycles. The summed E-state index contributed by atoms with van der Waals surface area (Å²) in [6.45, 7) is 0. The molecule has 1 saturated carbocycles. The number of rotatable bonds is 2. The lowest BCUT2D eigenvalue weighted by Crippen LogP contribution is -2.09. The molecule has 1 heterocycles. The normalized spacial score (nSPS) is 17.5. The summed E-state index contributed by atoms with van der Waals surface area (Å²) in [7, 11) is 1.78. The van der Waals surface area contributed by atoms with Gasteiger partial charge in [0.05, 0.1) is 6.20 Å². The zero-order chi connectivity index (χ0) is 10.1. The fraction of sp³-hybridized carbons (Fsp3) is 0.600. The largest absolute Gasteiger partial charge is 0.477 e. The van der Waals surface area contributed by atoms with E-state index >= 15 is 0 Å². The number of aromatic carboxylic acids is 1.